The van der Waals surface area contributed by atoms with Crippen LogP contribution in [0.5, 0.6) is 0 Å². The summed E-state index contributed by atoms with van der Waals surface area (Å²) in [5.41, 5.74) is 2.27. The fourth-order valence-electron chi connectivity index (χ4n) is 2.27. The van der Waals surface area contributed by atoms with Crippen LogP contribution in [-0.4, -0.2) is 39.5 Å². The molecule has 0 bridgehead atoms. The SMILES string of the molecule is CC(C)N(CC(=O)O)C(=O)N1Cc2ccccc2C1. The van der Waals surface area contributed by atoms with Crippen LogP contribution in [0.2, 0.25) is 0 Å². The highest BCUT2D eigenvalue weighted by molar-refractivity contribution is 5.81. The summed E-state index contributed by atoms with van der Waals surface area (Å²) in [4.78, 5) is 26.3. The first-order valence-corrected chi connectivity index (χ1v) is 6.33. The van der Waals surface area contributed by atoms with Crippen molar-refractivity contribution in [2.45, 2.75) is 33.0 Å². The van der Waals surface area contributed by atoms with Crippen LogP contribution in [-0.2, 0) is 17.9 Å². The Morgan fingerprint density at radius 3 is 2.21 bits per heavy atom. The third-order valence-electron chi connectivity index (χ3n) is 3.29. The number of hydrogen-bond donors (Lipinski definition) is 1. The van der Waals surface area contributed by atoms with Gasteiger partial charge in [-0.2, -0.15) is 0 Å². The highest BCUT2D eigenvalue weighted by Gasteiger charge is 2.29. The Hall–Kier alpha value is -2.04. The van der Waals surface area contributed by atoms with Crippen LogP contribution in [0.1, 0.15) is 25.0 Å². The molecule has 0 saturated heterocycles. The Bertz CT molecular complexity index is 474. The average Bonchev–Trinajstić information content (AvgIpc) is 2.78. The quantitative estimate of drug-likeness (QED) is 0.905. The number of carboxylic acid groups (broad SMARTS) is 1. The number of nitrogens with zero attached hydrogens (tertiary/aromatic N) is 2. The standard InChI is InChI=1S/C14H18N2O3/c1-10(2)16(9-13(17)18)14(19)15-7-11-5-3-4-6-12(11)8-15/h3-6,10H,7-9H2,1-2H3,(H,17,18). The van der Waals surface area contributed by atoms with Gasteiger partial charge in [-0.15, -0.1) is 0 Å². The average molecular weight is 262 g/mol. The second-order valence-corrected chi connectivity index (χ2v) is 5.02. The highest BCUT2D eigenvalue weighted by Crippen LogP contribution is 2.23. The number of amides is 2. The Balaban J connectivity index is 2.10. The molecule has 0 radical (unpaired) electrons. The van der Waals surface area contributed by atoms with Crippen LogP contribution in [0, 0.1) is 0 Å². The van der Waals surface area contributed by atoms with Crippen molar-refractivity contribution in [1.82, 2.24) is 9.80 Å². The highest BCUT2D eigenvalue weighted by atomic mass is 16.4. The Morgan fingerprint density at radius 2 is 1.79 bits per heavy atom. The minimum Gasteiger partial charge on any atom is -0.480 e. The van der Waals surface area contributed by atoms with Crippen LogP contribution in [0.3, 0.4) is 0 Å². The molecule has 0 unspecified atom stereocenters. The lowest BCUT2D eigenvalue weighted by atomic mass is 10.1. The van der Waals surface area contributed by atoms with Crippen molar-refractivity contribution in [3.63, 3.8) is 0 Å². The third-order valence-corrected chi connectivity index (χ3v) is 3.29. The van der Waals surface area contributed by atoms with Gasteiger partial charge in [0.1, 0.15) is 6.54 Å². The lowest BCUT2D eigenvalue weighted by Gasteiger charge is -2.29. The molecule has 1 heterocycles. The molecule has 0 aromatic heterocycles. The van der Waals surface area contributed by atoms with Crippen molar-refractivity contribution in [2.24, 2.45) is 0 Å². The van der Waals surface area contributed by atoms with Gasteiger partial charge in [0.15, 0.2) is 0 Å². The molecule has 1 N–H and O–H groups in total. The van der Waals surface area contributed by atoms with E-state index in [-0.39, 0.29) is 18.6 Å². The summed E-state index contributed by atoms with van der Waals surface area (Å²) in [6.07, 6.45) is 0. The number of urea groups is 1. The zero-order valence-electron chi connectivity index (χ0n) is 11.2. The fourth-order valence-corrected chi connectivity index (χ4v) is 2.27. The Labute approximate surface area is 112 Å². The molecule has 0 atom stereocenters. The number of rotatable bonds is 3. The number of benzene rings is 1. The minimum absolute atomic E-state index is 0.132. The van der Waals surface area contributed by atoms with Gasteiger partial charge in [0.2, 0.25) is 0 Å². The lowest BCUT2D eigenvalue weighted by molar-refractivity contribution is -0.138. The number of aliphatic carboxylic acids is 1. The molecule has 0 saturated carbocycles. The van der Waals surface area contributed by atoms with Gasteiger partial charge >= 0.3 is 12.0 Å². The van der Waals surface area contributed by atoms with Gasteiger partial charge in [0.05, 0.1) is 0 Å². The van der Waals surface area contributed by atoms with E-state index in [0.717, 1.165) is 11.1 Å². The van der Waals surface area contributed by atoms with E-state index in [1.165, 1.54) is 4.90 Å². The van der Waals surface area contributed by atoms with Crippen molar-refractivity contribution in [2.75, 3.05) is 6.54 Å². The lowest BCUT2D eigenvalue weighted by Crippen LogP contribution is -2.46. The van der Waals surface area contributed by atoms with Crippen LogP contribution in [0.15, 0.2) is 24.3 Å². The maximum absolute atomic E-state index is 12.4. The van der Waals surface area contributed by atoms with Crippen LogP contribution >= 0.6 is 0 Å². The van der Waals surface area contributed by atoms with Gasteiger partial charge in [0, 0.05) is 19.1 Å². The topological polar surface area (TPSA) is 60.9 Å². The molecular weight excluding hydrogens is 244 g/mol. The van der Waals surface area contributed by atoms with Gasteiger partial charge in [-0.05, 0) is 25.0 Å². The summed E-state index contributed by atoms with van der Waals surface area (Å²) < 4.78 is 0. The number of carboxylic acids is 1. The molecule has 0 fully saturated rings. The molecule has 1 aliphatic rings. The second-order valence-electron chi connectivity index (χ2n) is 5.02. The van der Waals surface area contributed by atoms with Crippen LogP contribution < -0.4 is 0 Å². The zero-order chi connectivity index (χ0) is 14.0. The predicted octanol–water partition coefficient (Wildman–Crippen LogP) is 1.92. The first kappa shape index (κ1) is 13.4. The van der Waals surface area contributed by atoms with Gasteiger partial charge in [-0.1, -0.05) is 24.3 Å². The van der Waals surface area contributed by atoms with E-state index in [4.69, 9.17) is 5.11 Å². The van der Waals surface area contributed by atoms with Crippen LogP contribution in [0.4, 0.5) is 4.79 Å². The van der Waals surface area contributed by atoms with Crippen molar-refractivity contribution >= 4 is 12.0 Å². The van der Waals surface area contributed by atoms with E-state index in [1.807, 2.05) is 38.1 Å². The van der Waals surface area contributed by atoms with Crippen molar-refractivity contribution in [1.29, 1.82) is 0 Å². The van der Waals surface area contributed by atoms with Gasteiger partial charge in [-0.3, -0.25) is 4.79 Å². The molecule has 19 heavy (non-hydrogen) atoms. The molecule has 2 rings (SSSR count). The molecule has 0 aliphatic carbocycles. The molecule has 102 valence electrons. The largest absolute Gasteiger partial charge is 0.480 e. The van der Waals surface area contributed by atoms with E-state index in [1.54, 1.807) is 4.90 Å². The van der Waals surface area contributed by atoms with Crippen molar-refractivity contribution < 1.29 is 14.7 Å². The summed E-state index contributed by atoms with van der Waals surface area (Å²) in [5.74, 6) is -0.987. The first-order chi connectivity index (χ1) is 8.99. The first-order valence-electron chi connectivity index (χ1n) is 6.33. The minimum atomic E-state index is -0.987. The maximum Gasteiger partial charge on any atom is 0.323 e. The van der Waals surface area contributed by atoms with Crippen molar-refractivity contribution in [3.8, 4) is 0 Å². The zero-order valence-corrected chi connectivity index (χ0v) is 11.2. The molecular formula is C14H18N2O3. The fraction of sp³-hybridized carbons (Fsp3) is 0.429. The summed E-state index contributed by atoms with van der Waals surface area (Å²) in [6.45, 7) is 4.49. The predicted molar refractivity (Wildman–Crippen MR) is 70.6 cm³/mol. The van der Waals surface area contributed by atoms with E-state index in [9.17, 15) is 9.59 Å². The van der Waals surface area contributed by atoms with E-state index in [2.05, 4.69) is 0 Å². The number of carbonyl (C=O) groups is 2. The summed E-state index contributed by atoms with van der Waals surface area (Å²) in [6, 6.07) is 7.55. The molecule has 5 heteroatoms. The Morgan fingerprint density at radius 1 is 1.26 bits per heavy atom. The molecule has 2 amide bonds. The number of hydrogen-bond acceptors (Lipinski definition) is 2. The van der Waals surface area contributed by atoms with E-state index < -0.39 is 5.97 Å². The second kappa shape index (κ2) is 5.30. The number of carbonyl (C=O) groups excluding carboxylic acids is 1. The van der Waals surface area contributed by atoms with E-state index >= 15 is 0 Å². The Kier molecular flexibility index (Phi) is 3.74. The molecule has 1 aromatic rings. The van der Waals surface area contributed by atoms with Crippen LogP contribution in [0.25, 0.3) is 0 Å². The van der Waals surface area contributed by atoms with Gasteiger partial charge in [0.25, 0.3) is 0 Å². The molecule has 0 spiro atoms. The van der Waals surface area contributed by atoms with Gasteiger partial charge < -0.3 is 14.9 Å². The summed E-state index contributed by atoms with van der Waals surface area (Å²) in [7, 11) is 0. The summed E-state index contributed by atoms with van der Waals surface area (Å²) >= 11 is 0. The molecule has 1 aliphatic heterocycles. The monoisotopic (exact) mass is 262 g/mol. The molecule has 1 aromatic carbocycles. The van der Waals surface area contributed by atoms with Gasteiger partial charge in [-0.25, -0.2) is 4.79 Å². The third kappa shape index (κ3) is 2.86. The van der Waals surface area contributed by atoms with Crippen molar-refractivity contribution in [3.05, 3.63) is 35.4 Å². The number of fused-ring (bicyclic) bond motifs is 1. The summed E-state index contributed by atoms with van der Waals surface area (Å²) in [5, 5.41) is 8.89. The smallest absolute Gasteiger partial charge is 0.323 e. The normalized spacial score (nSPS) is 13.5. The maximum atomic E-state index is 12.4. The van der Waals surface area contributed by atoms with E-state index in [0.29, 0.717) is 13.1 Å². The molecule has 5 nitrogen and oxygen atoms in total.